The van der Waals surface area contributed by atoms with Gasteiger partial charge in [0.1, 0.15) is 5.82 Å². The Morgan fingerprint density at radius 3 is 2.67 bits per heavy atom. The van der Waals surface area contributed by atoms with E-state index >= 15 is 0 Å². The van der Waals surface area contributed by atoms with Crippen LogP contribution in [0, 0.1) is 13.8 Å². The Bertz CT molecular complexity index is 441. The van der Waals surface area contributed by atoms with E-state index < -0.39 is 0 Å². The monoisotopic (exact) mass is 252 g/mol. The Labute approximate surface area is 109 Å². The fraction of sp³-hybridized carbons (Fsp3) is 0.692. The van der Waals surface area contributed by atoms with E-state index in [4.69, 9.17) is 0 Å². The highest BCUT2D eigenvalue weighted by Gasteiger charge is 2.13. The van der Waals surface area contributed by atoms with Gasteiger partial charge in [0.15, 0.2) is 0 Å². The summed E-state index contributed by atoms with van der Waals surface area (Å²) in [6, 6.07) is 0.0205. The van der Waals surface area contributed by atoms with Crippen LogP contribution in [0.3, 0.4) is 0 Å². The number of likely N-dealkylation sites (N-methyl/N-ethyl adjacent to an activating group) is 1. The Kier molecular flexibility index (Phi) is 5.50. The van der Waals surface area contributed by atoms with Crippen molar-refractivity contribution in [2.75, 3.05) is 26.7 Å². The first-order valence-electron chi connectivity index (χ1n) is 6.45. The van der Waals surface area contributed by atoms with Crippen LogP contribution < -0.4 is 10.9 Å². The molecule has 0 aromatic carbocycles. The molecule has 0 fully saturated rings. The largest absolute Gasteiger partial charge is 0.310 e. The summed E-state index contributed by atoms with van der Waals surface area (Å²) in [6.07, 6.45) is 0. The van der Waals surface area contributed by atoms with E-state index in [1.165, 1.54) is 0 Å². The summed E-state index contributed by atoms with van der Waals surface area (Å²) in [7, 11) is 2.08. The van der Waals surface area contributed by atoms with E-state index in [1.807, 2.05) is 13.8 Å². The van der Waals surface area contributed by atoms with Gasteiger partial charge in [-0.15, -0.1) is 0 Å². The van der Waals surface area contributed by atoms with Crippen LogP contribution in [0.25, 0.3) is 0 Å². The number of rotatable bonds is 6. The van der Waals surface area contributed by atoms with Crippen molar-refractivity contribution in [1.82, 2.24) is 20.2 Å². The first kappa shape index (κ1) is 14.9. The number of nitrogens with zero attached hydrogens (tertiary/aromatic N) is 2. The molecule has 5 heteroatoms. The molecule has 0 radical (unpaired) electrons. The summed E-state index contributed by atoms with van der Waals surface area (Å²) in [6.45, 7) is 10.7. The molecule has 1 aromatic rings. The Morgan fingerprint density at radius 2 is 2.11 bits per heavy atom. The van der Waals surface area contributed by atoms with Crippen LogP contribution in [0.15, 0.2) is 4.79 Å². The third-order valence-corrected chi connectivity index (χ3v) is 3.18. The van der Waals surface area contributed by atoms with Crippen molar-refractivity contribution < 1.29 is 0 Å². The summed E-state index contributed by atoms with van der Waals surface area (Å²) in [5, 5.41) is 3.36. The lowest BCUT2D eigenvalue weighted by molar-refractivity contribution is 0.342. The van der Waals surface area contributed by atoms with E-state index in [1.54, 1.807) is 6.92 Å². The van der Waals surface area contributed by atoms with Gasteiger partial charge in [-0.25, -0.2) is 4.98 Å². The second-order valence-corrected chi connectivity index (χ2v) is 4.72. The minimum atomic E-state index is -0.0381. The first-order valence-corrected chi connectivity index (χ1v) is 6.45. The first-order chi connectivity index (χ1) is 8.45. The lowest BCUT2D eigenvalue weighted by Crippen LogP contribution is -2.33. The van der Waals surface area contributed by atoms with E-state index in [0.29, 0.717) is 5.82 Å². The van der Waals surface area contributed by atoms with Gasteiger partial charge in [0.2, 0.25) is 0 Å². The molecule has 0 spiro atoms. The highest BCUT2D eigenvalue weighted by molar-refractivity contribution is 5.19. The van der Waals surface area contributed by atoms with Gasteiger partial charge in [-0.2, -0.15) is 0 Å². The van der Waals surface area contributed by atoms with Gasteiger partial charge in [0, 0.05) is 24.8 Å². The van der Waals surface area contributed by atoms with Crippen molar-refractivity contribution in [3.05, 3.63) is 27.4 Å². The Morgan fingerprint density at radius 1 is 1.44 bits per heavy atom. The van der Waals surface area contributed by atoms with Crippen molar-refractivity contribution in [3.8, 4) is 0 Å². The fourth-order valence-corrected chi connectivity index (χ4v) is 1.98. The van der Waals surface area contributed by atoms with Gasteiger partial charge in [-0.1, -0.05) is 6.92 Å². The van der Waals surface area contributed by atoms with Crippen LogP contribution >= 0.6 is 0 Å². The number of hydrogen-bond acceptors (Lipinski definition) is 4. The van der Waals surface area contributed by atoms with Crippen LogP contribution in [-0.2, 0) is 0 Å². The molecule has 0 aliphatic carbocycles. The molecule has 1 atom stereocenters. The fourth-order valence-electron chi connectivity index (χ4n) is 1.98. The number of aromatic nitrogens is 2. The van der Waals surface area contributed by atoms with E-state index in [0.717, 1.165) is 30.9 Å². The average molecular weight is 252 g/mol. The Hall–Kier alpha value is -1.20. The van der Waals surface area contributed by atoms with Crippen LogP contribution in [0.5, 0.6) is 0 Å². The third-order valence-electron chi connectivity index (χ3n) is 3.18. The molecule has 1 heterocycles. The van der Waals surface area contributed by atoms with E-state index in [9.17, 15) is 4.79 Å². The topological polar surface area (TPSA) is 61.0 Å². The molecule has 0 aliphatic rings. The summed E-state index contributed by atoms with van der Waals surface area (Å²) in [4.78, 5) is 21.2. The summed E-state index contributed by atoms with van der Waals surface area (Å²) >= 11 is 0. The minimum Gasteiger partial charge on any atom is -0.310 e. The molecule has 1 unspecified atom stereocenters. The predicted molar refractivity (Wildman–Crippen MR) is 73.9 cm³/mol. The molecule has 18 heavy (non-hydrogen) atoms. The van der Waals surface area contributed by atoms with Gasteiger partial charge < -0.3 is 15.2 Å². The highest BCUT2D eigenvalue weighted by Crippen LogP contribution is 2.10. The average Bonchev–Trinajstić information content (AvgIpc) is 2.27. The van der Waals surface area contributed by atoms with Crippen molar-refractivity contribution in [2.45, 2.75) is 33.7 Å². The van der Waals surface area contributed by atoms with Gasteiger partial charge in [-0.05, 0) is 34.4 Å². The maximum Gasteiger partial charge on any atom is 0.255 e. The summed E-state index contributed by atoms with van der Waals surface area (Å²) in [5.74, 6) is 0.666. The number of aromatic amines is 1. The molecule has 0 saturated heterocycles. The van der Waals surface area contributed by atoms with Crippen molar-refractivity contribution in [2.24, 2.45) is 0 Å². The van der Waals surface area contributed by atoms with Gasteiger partial charge >= 0.3 is 0 Å². The zero-order valence-electron chi connectivity index (χ0n) is 12.0. The maximum absolute atomic E-state index is 11.9. The quantitative estimate of drug-likeness (QED) is 0.792. The standard InChI is InChI=1S/C13H24N4O/c1-6-17(5)8-7-14-9(2)12-10(3)15-11(4)16-13(12)18/h9,14H,6-8H2,1-5H3,(H,15,16,18). The van der Waals surface area contributed by atoms with Gasteiger partial charge in [-0.3, -0.25) is 4.79 Å². The van der Waals surface area contributed by atoms with Crippen molar-refractivity contribution >= 4 is 0 Å². The second-order valence-electron chi connectivity index (χ2n) is 4.72. The molecule has 0 bridgehead atoms. The molecule has 5 nitrogen and oxygen atoms in total. The maximum atomic E-state index is 11.9. The van der Waals surface area contributed by atoms with Crippen LogP contribution in [-0.4, -0.2) is 41.5 Å². The number of H-pyrrole nitrogens is 1. The number of nitrogens with one attached hydrogen (secondary N) is 2. The SMILES string of the molecule is CCN(C)CCNC(C)c1c(C)nc(C)[nH]c1=O. The molecule has 0 aliphatic heterocycles. The van der Waals surface area contributed by atoms with Gasteiger partial charge in [0.05, 0.1) is 5.56 Å². The molecule has 0 saturated carbocycles. The van der Waals surface area contributed by atoms with Gasteiger partial charge in [0.25, 0.3) is 5.56 Å². The van der Waals surface area contributed by atoms with Crippen LogP contribution in [0.4, 0.5) is 0 Å². The van der Waals surface area contributed by atoms with E-state index in [2.05, 4.69) is 34.2 Å². The third kappa shape index (κ3) is 3.92. The van der Waals surface area contributed by atoms with E-state index in [-0.39, 0.29) is 11.6 Å². The lowest BCUT2D eigenvalue weighted by atomic mass is 10.1. The molecule has 1 rings (SSSR count). The zero-order chi connectivity index (χ0) is 13.7. The zero-order valence-corrected chi connectivity index (χ0v) is 12.0. The normalized spacial score (nSPS) is 13.0. The molecule has 102 valence electrons. The van der Waals surface area contributed by atoms with Crippen LogP contribution in [0.2, 0.25) is 0 Å². The van der Waals surface area contributed by atoms with Crippen molar-refractivity contribution in [1.29, 1.82) is 0 Å². The molecule has 0 amide bonds. The van der Waals surface area contributed by atoms with Crippen LogP contribution in [0.1, 0.15) is 37.0 Å². The molecule has 1 aromatic heterocycles. The smallest absolute Gasteiger partial charge is 0.255 e. The number of hydrogen-bond donors (Lipinski definition) is 2. The highest BCUT2D eigenvalue weighted by atomic mass is 16.1. The lowest BCUT2D eigenvalue weighted by Gasteiger charge is -2.18. The predicted octanol–water partition coefficient (Wildman–Crippen LogP) is 0.989. The summed E-state index contributed by atoms with van der Waals surface area (Å²) < 4.78 is 0. The Balaban J connectivity index is 2.67. The molecule has 2 N–H and O–H groups in total. The second kappa shape index (κ2) is 6.66. The summed E-state index contributed by atoms with van der Waals surface area (Å²) in [5.41, 5.74) is 1.50. The minimum absolute atomic E-state index is 0.0205. The molecular formula is C13H24N4O. The number of aryl methyl sites for hydroxylation is 2. The van der Waals surface area contributed by atoms with Crippen molar-refractivity contribution in [3.63, 3.8) is 0 Å². The molecular weight excluding hydrogens is 228 g/mol.